The summed E-state index contributed by atoms with van der Waals surface area (Å²) >= 11 is 5.68. The number of carboxylic acid groups (broad SMARTS) is 1. The molecule has 0 aliphatic carbocycles. The van der Waals surface area contributed by atoms with E-state index >= 15 is 0 Å². The summed E-state index contributed by atoms with van der Waals surface area (Å²) < 4.78 is 0. The second kappa shape index (κ2) is 8.77. The van der Waals surface area contributed by atoms with E-state index in [0.29, 0.717) is 37.0 Å². The molecule has 0 bridgehead atoms. The van der Waals surface area contributed by atoms with Gasteiger partial charge in [-0.15, -0.1) is 0 Å². The van der Waals surface area contributed by atoms with Crippen LogP contribution in [0.3, 0.4) is 0 Å². The second-order valence-corrected chi connectivity index (χ2v) is 6.35. The van der Waals surface area contributed by atoms with Crippen LogP contribution >= 0.6 is 11.6 Å². The van der Waals surface area contributed by atoms with E-state index in [4.69, 9.17) is 11.6 Å². The number of nitrogens with one attached hydrogen (secondary N) is 1. The molecule has 136 valence electrons. The summed E-state index contributed by atoms with van der Waals surface area (Å²) in [6.07, 6.45) is 1.28. The highest BCUT2D eigenvalue weighted by atomic mass is 35.5. The molecule has 1 aliphatic rings. The Morgan fingerprint density at radius 1 is 1.28 bits per heavy atom. The molecule has 8 nitrogen and oxygen atoms in total. The summed E-state index contributed by atoms with van der Waals surface area (Å²) in [5, 5.41) is 12.3. The molecule has 0 unspecified atom stereocenters. The molecule has 2 rings (SSSR count). The van der Waals surface area contributed by atoms with Crippen molar-refractivity contribution in [3.63, 3.8) is 0 Å². The van der Waals surface area contributed by atoms with Gasteiger partial charge in [0.05, 0.1) is 17.8 Å². The first kappa shape index (κ1) is 19.1. The molecule has 25 heavy (non-hydrogen) atoms. The number of hydrogen-bond acceptors (Lipinski definition) is 5. The number of pyridine rings is 1. The monoisotopic (exact) mass is 368 g/mol. The third-order valence-electron chi connectivity index (χ3n) is 4.09. The number of amides is 2. The number of carbonyl (C=O) groups is 3. The minimum Gasteiger partial charge on any atom is -0.481 e. The zero-order chi connectivity index (χ0) is 18.4. The van der Waals surface area contributed by atoms with Crippen LogP contribution in [-0.2, 0) is 14.4 Å². The SMILES string of the molecule is CC(=O)N1CCN(C[C@H](CC(=O)Nc2ccc(Cl)nc2)C(=O)O)CC1. The van der Waals surface area contributed by atoms with E-state index in [-0.39, 0.29) is 24.8 Å². The Labute approximate surface area is 150 Å². The first-order valence-corrected chi connectivity index (χ1v) is 8.35. The lowest BCUT2D eigenvalue weighted by Crippen LogP contribution is -2.50. The molecule has 1 aromatic heterocycles. The van der Waals surface area contributed by atoms with Crippen LogP contribution in [-0.4, -0.2) is 70.4 Å². The molecule has 1 fully saturated rings. The molecular formula is C16H21ClN4O4. The number of carboxylic acids is 1. The van der Waals surface area contributed by atoms with Crippen LogP contribution in [0.5, 0.6) is 0 Å². The van der Waals surface area contributed by atoms with Crippen molar-refractivity contribution in [3.8, 4) is 0 Å². The lowest BCUT2D eigenvalue weighted by Gasteiger charge is -2.35. The molecule has 0 radical (unpaired) electrons. The van der Waals surface area contributed by atoms with Crippen LogP contribution in [0.1, 0.15) is 13.3 Å². The number of halogens is 1. The van der Waals surface area contributed by atoms with Crippen LogP contribution in [0.25, 0.3) is 0 Å². The average molecular weight is 369 g/mol. The number of hydrogen-bond donors (Lipinski definition) is 2. The topological polar surface area (TPSA) is 103 Å². The van der Waals surface area contributed by atoms with E-state index in [1.807, 2.05) is 4.90 Å². The summed E-state index contributed by atoms with van der Waals surface area (Å²) in [6, 6.07) is 3.14. The number of carbonyl (C=O) groups excluding carboxylic acids is 2. The van der Waals surface area contributed by atoms with E-state index in [9.17, 15) is 19.5 Å². The number of nitrogens with zero attached hydrogens (tertiary/aromatic N) is 3. The Kier molecular flexibility index (Phi) is 6.72. The predicted molar refractivity (Wildman–Crippen MR) is 92.3 cm³/mol. The van der Waals surface area contributed by atoms with Crippen LogP contribution in [0.4, 0.5) is 5.69 Å². The minimum absolute atomic E-state index is 0.0189. The molecule has 2 heterocycles. The molecule has 1 aliphatic heterocycles. The van der Waals surface area contributed by atoms with Crippen molar-refractivity contribution in [3.05, 3.63) is 23.5 Å². The highest BCUT2D eigenvalue weighted by molar-refractivity contribution is 6.29. The van der Waals surface area contributed by atoms with Gasteiger partial charge in [0, 0.05) is 46.1 Å². The molecule has 1 aromatic rings. The van der Waals surface area contributed by atoms with Crippen molar-refractivity contribution in [2.24, 2.45) is 5.92 Å². The molecule has 1 saturated heterocycles. The van der Waals surface area contributed by atoms with Crippen molar-refractivity contribution in [2.45, 2.75) is 13.3 Å². The molecule has 1 atom stereocenters. The first-order chi connectivity index (χ1) is 11.8. The summed E-state index contributed by atoms with van der Waals surface area (Å²) in [6.45, 7) is 4.14. The lowest BCUT2D eigenvalue weighted by molar-refractivity contribution is -0.144. The fraction of sp³-hybridized carbons (Fsp3) is 0.500. The van der Waals surface area contributed by atoms with Gasteiger partial charge in [-0.1, -0.05) is 11.6 Å². The Morgan fingerprint density at radius 2 is 1.96 bits per heavy atom. The number of rotatable bonds is 6. The highest BCUT2D eigenvalue weighted by Crippen LogP contribution is 2.14. The lowest BCUT2D eigenvalue weighted by atomic mass is 10.0. The van der Waals surface area contributed by atoms with Crippen molar-refractivity contribution in [1.82, 2.24) is 14.8 Å². The Hall–Kier alpha value is -2.19. The largest absolute Gasteiger partial charge is 0.481 e. The number of anilines is 1. The highest BCUT2D eigenvalue weighted by Gasteiger charge is 2.27. The van der Waals surface area contributed by atoms with E-state index in [1.54, 1.807) is 17.0 Å². The second-order valence-electron chi connectivity index (χ2n) is 5.96. The van der Waals surface area contributed by atoms with Gasteiger partial charge in [-0.05, 0) is 12.1 Å². The smallest absolute Gasteiger partial charge is 0.308 e. The fourth-order valence-electron chi connectivity index (χ4n) is 2.67. The fourth-order valence-corrected chi connectivity index (χ4v) is 2.78. The van der Waals surface area contributed by atoms with Crippen LogP contribution < -0.4 is 5.32 Å². The van der Waals surface area contributed by atoms with Crippen LogP contribution in [0.2, 0.25) is 5.15 Å². The maximum atomic E-state index is 12.1. The van der Waals surface area contributed by atoms with Crippen molar-refractivity contribution >= 4 is 35.1 Å². The van der Waals surface area contributed by atoms with E-state index in [0.717, 1.165) is 0 Å². The normalized spacial score (nSPS) is 16.3. The molecule has 2 N–H and O–H groups in total. The van der Waals surface area contributed by atoms with Gasteiger partial charge in [0.1, 0.15) is 5.15 Å². The quantitative estimate of drug-likeness (QED) is 0.724. The van der Waals surface area contributed by atoms with Crippen molar-refractivity contribution in [1.29, 1.82) is 0 Å². The van der Waals surface area contributed by atoms with Crippen molar-refractivity contribution < 1.29 is 19.5 Å². The minimum atomic E-state index is -1.02. The van der Waals surface area contributed by atoms with E-state index in [1.165, 1.54) is 13.1 Å². The molecule has 0 spiro atoms. The number of piperazine rings is 1. The van der Waals surface area contributed by atoms with Gasteiger partial charge in [0.15, 0.2) is 0 Å². The Balaban J connectivity index is 1.86. The van der Waals surface area contributed by atoms with Gasteiger partial charge in [-0.25, -0.2) is 4.98 Å². The van der Waals surface area contributed by atoms with Gasteiger partial charge in [-0.2, -0.15) is 0 Å². The van der Waals surface area contributed by atoms with Gasteiger partial charge in [0.2, 0.25) is 11.8 Å². The molecular weight excluding hydrogens is 348 g/mol. The Bertz CT molecular complexity index is 630. The standard InChI is InChI=1S/C16H21ClN4O4/c1-11(22)21-6-4-20(5-7-21)10-12(16(24)25)8-15(23)19-13-2-3-14(17)18-9-13/h2-3,9,12H,4-8,10H2,1H3,(H,19,23)(H,24,25)/t12-/m0/s1. The van der Waals surface area contributed by atoms with Crippen molar-refractivity contribution in [2.75, 3.05) is 38.0 Å². The molecule has 2 amide bonds. The number of aliphatic carboxylic acids is 1. The molecule has 0 aromatic carbocycles. The molecule has 9 heteroatoms. The summed E-state index contributed by atoms with van der Waals surface area (Å²) in [4.78, 5) is 42.4. The average Bonchev–Trinajstić information content (AvgIpc) is 2.56. The number of aromatic nitrogens is 1. The first-order valence-electron chi connectivity index (χ1n) is 7.97. The van der Waals surface area contributed by atoms with E-state index in [2.05, 4.69) is 10.3 Å². The van der Waals surface area contributed by atoms with Gasteiger partial charge < -0.3 is 15.3 Å². The summed E-state index contributed by atoms with van der Waals surface area (Å²) in [7, 11) is 0. The van der Waals surface area contributed by atoms with E-state index < -0.39 is 11.9 Å². The van der Waals surface area contributed by atoms with Gasteiger partial charge in [0.25, 0.3) is 0 Å². The third-order valence-corrected chi connectivity index (χ3v) is 4.31. The van der Waals surface area contributed by atoms with Gasteiger partial charge in [-0.3, -0.25) is 19.3 Å². The maximum Gasteiger partial charge on any atom is 0.308 e. The van der Waals surface area contributed by atoms with Crippen LogP contribution in [0, 0.1) is 5.92 Å². The Morgan fingerprint density at radius 3 is 2.48 bits per heavy atom. The zero-order valence-corrected chi connectivity index (χ0v) is 14.7. The van der Waals surface area contributed by atoms with Crippen LogP contribution in [0.15, 0.2) is 18.3 Å². The summed E-state index contributed by atoms with van der Waals surface area (Å²) in [5.41, 5.74) is 0.466. The summed E-state index contributed by atoms with van der Waals surface area (Å²) in [5.74, 6) is -2.20. The maximum absolute atomic E-state index is 12.1. The predicted octanol–water partition coefficient (Wildman–Crippen LogP) is 0.928. The third kappa shape index (κ3) is 5.99. The zero-order valence-electron chi connectivity index (χ0n) is 13.9. The van der Waals surface area contributed by atoms with Gasteiger partial charge >= 0.3 is 5.97 Å². The molecule has 0 saturated carbocycles.